The number of fused-ring (bicyclic) bond motifs is 1. The van der Waals surface area contributed by atoms with Crippen molar-refractivity contribution in [2.45, 2.75) is 0 Å². The fourth-order valence-electron chi connectivity index (χ4n) is 2.98. The van der Waals surface area contributed by atoms with Gasteiger partial charge in [0.15, 0.2) is 5.82 Å². The van der Waals surface area contributed by atoms with Gasteiger partial charge in [0.2, 0.25) is 0 Å². The number of benzene rings is 3. The van der Waals surface area contributed by atoms with Gasteiger partial charge in [-0.15, -0.1) is 0 Å². The van der Waals surface area contributed by atoms with Gasteiger partial charge in [-0.3, -0.25) is 5.10 Å². The highest BCUT2D eigenvalue weighted by atomic mass is 15.2. The number of nitrogens with zero attached hydrogens (tertiary/aromatic N) is 1. The van der Waals surface area contributed by atoms with Crippen molar-refractivity contribution in [2.75, 3.05) is 12.4 Å². The van der Waals surface area contributed by atoms with Gasteiger partial charge in [0.05, 0.1) is 5.52 Å². The topological polar surface area (TPSA) is 40.7 Å². The second-order valence-electron chi connectivity index (χ2n) is 5.49. The zero-order valence-electron chi connectivity index (χ0n) is 12.9. The lowest BCUT2D eigenvalue weighted by molar-refractivity contribution is 1.11. The maximum absolute atomic E-state index is 4.29. The Morgan fingerprint density at radius 3 is 2.22 bits per heavy atom. The van der Waals surface area contributed by atoms with Gasteiger partial charge in [-0.2, -0.15) is 5.10 Å². The molecule has 23 heavy (non-hydrogen) atoms. The summed E-state index contributed by atoms with van der Waals surface area (Å²) in [4.78, 5) is 0. The van der Waals surface area contributed by atoms with Gasteiger partial charge in [-0.05, 0) is 34.4 Å². The van der Waals surface area contributed by atoms with Crippen LogP contribution in [0.5, 0.6) is 0 Å². The highest BCUT2D eigenvalue weighted by molar-refractivity contribution is 5.95. The van der Waals surface area contributed by atoms with Gasteiger partial charge >= 0.3 is 0 Å². The van der Waals surface area contributed by atoms with E-state index in [9.17, 15) is 0 Å². The first-order valence-corrected chi connectivity index (χ1v) is 7.67. The van der Waals surface area contributed by atoms with Gasteiger partial charge in [0, 0.05) is 12.4 Å². The van der Waals surface area contributed by atoms with E-state index >= 15 is 0 Å². The molecule has 112 valence electrons. The van der Waals surface area contributed by atoms with E-state index in [2.05, 4.69) is 82.2 Å². The first kappa shape index (κ1) is 13.6. The Labute approximate surface area is 135 Å². The summed E-state index contributed by atoms with van der Waals surface area (Å²) in [5.41, 5.74) is 5.92. The zero-order valence-corrected chi connectivity index (χ0v) is 12.9. The van der Waals surface area contributed by atoms with Crippen molar-refractivity contribution in [3.8, 4) is 22.3 Å². The molecule has 4 rings (SSSR count). The summed E-state index contributed by atoms with van der Waals surface area (Å²) >= 11 is 0. The Hall–Kier alpha value is -3.07. The molecule has 0 radical (unpaired) electrons. The summed E-state index contributed by atoms with van der Waals surface area (Å²) in [6.07, 6.45) is 0. The number of hydrogen-bond donors (Lipinski definition) is 2. The van der Waals surface area contributed by atoms with Crippen molar-refractivity contribution < 1.29 is 0 Å². The molecular weight excluding hydrogens is 282 g/mol. The summed E-state index contributed by atoms with van der Waals surface area (Å²) in [5, 5.41) is 11.6. The van der Waals surface area contributed by atoms with Crippen LogP contribution in [-0.2, 0) is 0 Å². The van der Waals surface area contributed by atoms with Crippen LogP contribution < -0.4 is 5.32 Å². The molecule has 4 aromatic rings. The molecule has 0 unspecified atom stereocenters. The molecule has 0 fully saturated rings. The Balaban J connectivity index is 1.91. The van der Waals surface area contributed by atoms with Crippen molar-refractivity contribution in [2.24, 2.45) is 0 Å². The molecule has 0 spiro atoms. The Kier molecular flexibility index (Phi) is 3.31. The largest absolute Gasteiger partial charge is 0.371 e. The van der Waals surface area contributed by atoms with Crippen LogP contribution in [-0.4, -0.2) is 17.2 Å². The number of anilines is 1. The highest BCUT2D eigenvalue weighted by Gasteiger charge is 2.10. The third-order valence-corrected chi connectivity index (χ3v) is 4.12. The van der Waals surface area contributed by atoms with E-state index < -0.39 is 0 Å². The summed E-state index contributed by atoms with van der Waals surface area (Å²) < 4.78 is 0. The van der Waals surface area contributed by atoms with E-state index in [4.69, 9.17) is 0 Å². The molecule has 0 atom stereocenters. The van der Waals surface area contributed by atoms with E-state index in [1.165, 1.54) is 22.3 Å². The molecule has 0 amide bonds. The van der Waals surface area contributed by atoms with E-state index in [0.29, 0.717) is 0 Å². The molecule has 3 aromatic carbocycles. The van der Waals surface area contributed by atoms with Crippen LogP contribution >= 0.6 is 0 Å². The van der Waals surface area contributed by atoms with Crippen LogP contribution in [0, 0.1) is 0 Å². The Morgan fingerprint density at radius 1 is 0.783 bits per heavy atom. The molecule has 3 heteroatoms. The van der Waals surface area contributed by atoms with E-state index in [0.717, 1.165) is 16.7 Å². The van der Waals surface area contributed by atoms with Gasteiger partial charge in [0.1, 0.15) is 0 Å². The lowest BCUT2D eigenvalue weighted by Gasteiger charge is -2.10. The summed E-state index contributed by atoms with van der Waals surface area (Å²) in [6.45, 7) is 0. The fraction of sp³-hybridized carbons (Fsp3) is 0.0500. The molecule has 1 heterocycles. The van der Waals surface area contributed by atoms with Gasteiger partial charge in [-0.25, -0.2) is 0 Å². The minimum atomic E-state index is 0.874. The number of rotatable bonds is 3. The lowest BCUT2D eigenvalue weighted by Crippen LogP contribution is -1.88. The molecule has 0 aliphatic carbocycles. The first-order chi connectivity index (χ1) is 11.4. The molecule has 1 aromatic heterocycles. The predicted molar refractivity (Wildman–Crippen MR) is 96.5 cm³/mol. The smallest absolute Gasteiger partial charge is 0.155 e. The number of H-pyrrole nitrogens is 1. The monoisotopic (exact) mass is 299 g/mol. The minimum absolute atomic E-state index is 0.874. The van der Waals surface area contributed by atoms with E-state index in [1.807, 2.05) is 13.1 Å². The number of nitrogens with one attached hydrogen (secondary N) is 2. The molecule has 0 saturated carbocycles. The van der Waals surface area contributed by atoms with Crippen molar-refractivity contribution in [3.63, 3.8) is 0 Å². The third-order valence-electron chi connectivity index (χ3n) is 4.12. The molecule has 2 N–H and O–H groups in total. The summed E-state index contributed by atoms with van der Waals surface area (Å²) in [5.74, 6) is 0.874. The van der Waals surface area contributed by atoms with Crippen molar-refractivity contribution >= 4 is 16.7 Å². The standard InChI is InChI=1S/C20H17N3/c1-21-20-18-13-15(11-12-19(18)22-23-20)17-10-6-5-9-16(17)14-7-3-2-4-8-14/h2-13H,1H3,(H2,21,22,23). The van der Waals surface area contributed by atoms with Crippen molar-refractivity contribution in [1.29, 1.82) is 0 Å². The molecule has 3 nitrogen and oxygen atoms in total. The fourth-order valence-corrected chi connectivity index (χ4v) is 2.98. The van der Waals surface area contributed by atoms with Crippen molar-refractivity contribution in [1.82, 2.24) is 10.2 Å². The SMILES string of the molecule is CNc1n[nH]c2ccc(-c3ccccc3-c3ccccc3)cc12. The minimum Gasteiger partial charge on any atom is -0.371 e. The normalized spacial score (nSPS) is 10.8. The second kappa shape index (κ2) is 5.61. The van der Waals surface area contributed by atoms with Crippen LogP contribution in [0.3, 0.4) is 0 Å². The molecule has 0 aliphatic heterocycles. The van der Waals surface area contributed by atoms with Crippen LogP contribution in [0.15, 0.2) is 72.8 Å². The molecule has 0 bridgehead atoms. The molecular formula is C20H17N3. The van der Waals surface area contributed by atoms with E-state index in [1.54, 1.807) is 0 Å². The quantitative estimate of drug-likeness (QED) is 0.562. The summed E-state index contributed by atoms with van der Waals surface area (Å²) in [6, 6.07) is 25.4. The van der Waals surface area contributed by atoms with Crippen LogP contribution in [0.1, 0.15) is 0 Å². The third kappa shape index (κ3) is 2.36. The maximum atomic E-state index is 4.29. The summed E-state index contributed by atoms with van der Waals surface area (Å²) in [7, 11) is 1.89. The molecule has 0 aliphatic rings. The number of aromatic amines is 1. The van der Waals surface area contributed by atoms with Gasteiger partial charge < -0.3 is 5.32 Å². The van der Waals surface area contributed by atoms with Gasteiger partial charge in [0.25, 0.3) is 0 Å². The van der Waals surface area contributed by atoms with Crippen molar-refractivity contribution in [3.05, 3.63) is 72.8 Å². The lowest BCUT2D eigenvalue weighted by atomic mass is 9.94. The highest BCUT2D eigenvalue weighted by Crippen LogP contribution is 2.34. The zero-order chi connectivity index (χ0) is 15.6. The Morgan fingerprint density at radius 2 is 1.48 bits per heavy atom. The maximum Gasteiger partial charge on any atom is 0.155 e. The average molecular weight is 299 g/mol. The number of aromatic nitrogens is 2. The van der Waals surface area contributed by atoms with Crippen LogP contribution in [0.4, 0.5) is 5.82 Å². The van der Waals surface area contributed by atoms with E-state index in [-0.39, 0.29) is 0 Å². The second-order valence-corrected chi connectivity index (χ2v) is 5.49. The number of hydrogen-bond acceptors (Lipinski definition) is 2. The van der Waals surface area contributed by atoms with Crippen LogP contribution in [0.2, 0.25) is 0 Å². The molecule has 0 saturated heterocycles. The van der Waals surface area contributed by atoms with Gasteiger partial charge in [-0.1, -0.05) is 60.7 Å². The Bertz CT molecular complexity index is 955. The average Bonchev–Trinajstić information content (AvgIpc) is 3.05. The first-order valence-electron chi connectivity index (χ1n) is 7.67. The van der Waals surface area contributed by atoms with Crippen LogP contribution in [0.25, 0.3) is 33.2 Å². The predicted octanol–water partition coefficient (Wildman–Crippen LogP) is 4.94.